The fourth-order valence-corrected chi connectivity index (χ4v) is 2.37. The van der Waals surface area contributed by atoms with E-state index in [1.807, 2.05) is 6.20 Å². The van der Waals surface area contributed by atoms with Gasteiger partial charge in [-0.3, -0.25) is 4.68 Å². The summed E-state index contributed by atoms with van der Waals surface area (Å²) in [5.74, 6) is 0.420. The summed E-state index contributed by atoms with van der Waals surface area (Å²) in [6.07, 6.45) is 3.53. The molecular formula is C11H22N4O2S. The Bertz CT molecular complexity index is 442. The number of nitrogens with zero attached hydrogens (tertiary/aromatic N) is 3. The summed E-state index contributed by atoms with van der Waals surface area (Å²) in [4.78, 5) is 0. The molecule has 0 aliphatic rings. The Morgan fingerprint density at radius 2 is 2.17 bits per heavy atom. The molecule has 0 unspecified atom stereocenters. The van der Waals surface area contributed by atoms with E-state index in [-0.39, 0.29) is 11.5 Å². The highest BCUT2D eigenvalue weighted by Crippen LogP contribution is 1.98. The van der Waals surface area contributed by atoms with Crippen LogP contribution >= 0.6 is 0 Å². The first-order chi connectivity index (χ1) is 8.57. The molecule has 18 heavy (non-hydrogen) atoms. The average Bonchev–Trinajstić information content (AvgIpc) is 2.77. The lowest BCUT2D eigenvalue weighted by atomic mass is 10.4. The van der Waals surface area contributed by atoms with E-state index >= 15 is 0 Å². The van der Waals surface area contributed by atoms with Crippen LogP contribution in [0.2, 0.25) is 0 Å². The number of hydrogen-bond acceptors (Lipinski definition) is 5. The quantitative estimate of drug-likeness (QED) is 0.667. The number of sulfone groups is 1. The third-order valence-corrected chi connectivity index (χ3v) is 4.39. The van der Waals surface area contributed by atoms with Gasteiger partial charge >= 0.3 is 0 Å². The average molecular weight is 274 g/mol. The summed E-state index contributed by atoms with van der Waals surface area (Å²) in [5, 5.41) is 11.2. The maximum Gasteiger partial charge on any atom is 0.150 e. The van der Waals surface area contributed by atoms with Crippen LogP contribution in [0.4, 0.5) is 0 Å². The Labute approximate surface area is 109 Å². The summed E-state index contributed by atoms with van der Waals surface area (Å²) in [7, 11) is -2.87. The maximum absolute atomic E-state index is 11.3. The molecule has 1 aromatic rings. The van der Waals surface area contributed by atoms with Gasteiger partial charge in [0.05, 0.1) is 11.4 Å². The van der Waals surface area contributed by atoms with Gasteiger partial charge in [-0.15, -0.1) is 5.10 Å². The van der Waals surface area contributed by atoms with Gasteiger partial charge in [0.2, 0.25) is 0 Å². The normalized spacial score (nSPS) is 11.9. The summed E-state index contributed by atoms with van der Waals surface area (Å²) < 4.78 is 24.3. The molecule has 0 atom stereocenters. The summed E-state index contributed by atoms with van der Waals surface area (Å²) in [6, 6.07) is 0. The zero-order chi connectivity index (χ0) is 13.4. The SMILES string of the molecule is CCCNCc1cn(CCCS(=O)(=O)CC)nn1. The van der Waals surface area contributed by atoms with E-state index in [9.17, 15) is 8.42 Å². The zero-order valence-electron chi connectivity index (χ0n) is 11.1. The van der Waals surface area contributed by atoms with Crippen molar-refractivity contribution < 1.29 is 8.42 Å². The molecule has 104 valence electrons. The standard InChI is InChI=1S/C11H22N4O2S/c1-3-6-12-9-11-10-15(14-13-11)7-5-8-18(16,17)4-2/h10,12H,3-9H2,1-2H3. The van der Waals surface area contributed by atoms with Gasteiger partial charge in [-0.1, -0.05) is 19.1 Å². The molecule has 1 rings (SSSR count). The topological polar surface area (TPSA) is 76.9 Å². The molecular weight excluding hydrogens is 252 g/mol. The van der Waals surface area contributed by atoms with Crippen LogP contribution in [0.25, 0.3) is 0 Å². The minimum atomic E-state index is -2.87. The van der Waals surface area contributed by atoms with Crippen LogP contribution in [0.5, 0.6) is 0 Å². The van der Waals surface area contributed by atoms with Crippen LogP contribution in [0.15, 0.2) is 6.20 Å². The van der Waals surface area contributed by atoms with Crippen molar-refractivity contribution in [2.24, 2.45) is 0 Å². The molecule has 0 aliphatic heterocycles. The van der Waals surface area contributed by atoms with Gasteiger partial charge in [0.15, 0.2) is 0 Å². The molecule has 0 radical (unpaired) electrons. The third kappa shape index (κ3) is 5.59. The Hall–Kier alpha value is -0.950. The lowest BCUT2D eigenvalue weighted by molar-refractivity contribution is 0.562. The Morgan fingerprint density at radius 1 is 1.39 bits per heavy atom. The highest BCUT2D eigenvalue weighted by atomic mass is 32.2. The molecule has 0 bridgehead atoms. The number of aryl methyl sites for hydroxylation is 1. The van der Waals surface area contributed by atoms with Crippen molar-refractivity contribution in [1.82, 2.24) is 20.3 Å². The van der Waals surface area contributed by atoms with Gasteiger partial charge < -0.3 is 5.32 Å². The number of nitrogens with one attached hydrogen (secondary N) is 1. The minimum Gasteiger partial charge on any atom is -0.311 e. The zero-order valence-corrected chi connectivity index (χ0v) is 11.9. The lowest BCUT2D eigenvalue weighted by Gasteiger charge is -2.01. The Balaban J connectivity index is 2.31. The van der Waals surface area contributed by atoms with Crippen LogP contribution in [0.3, 0.4) is 0 Å². The molecule has 0 aromatic carbocycles. The monoisotopic (exact) mass is 274 g/mol. The van der Waals surface area contributed by atoms with Crippen LogP contribution in [0, 0.1) is 0 Å². The largest absolute Gasteiger partial charge is 0.311 e. The van der Waals surface area contributed by atoms with Gasteiger partial charge in [0.1, 0.15) is 9.84 Å². The number of hydrogen-bond donors (Lipinski definition) is 1. The van der Waals surface area contributed by atoms with E-state index in [0.29, 0.717) is 19.5 Å². The maximum atomic E-state index is 11.3. The van der Waals surface area contributed by atoms with E-state index in [0.717, 1.165) is 18.7 Å². The second-order valence-electron chi connectivity index (χ2n) is 4.24. The summed E-state index contributed by atoms with van der Waals surface area (Å²) in [5.41, 5.74) is 0.891. The lowest BCUT2D eigenvalue weighted by Crippen LogP contribution is -2.14. The summed E-state index contributed by atoms with van der Waals surface area (Å²) in [6.45, 7) is 6.04. The van der Waals surface area contributed by atoms with Crippen molar-refractivity contribution in [2.45, 2.75) is 39.8 Å². The van der Waals surface area contributed by atoms with E-state index in [1.54, 1.807) is 11.6 Å². The first-order valence-corrected chi connectivity index (χ1v) is 8.19. The minimum absolute atomic E-state index is 0.205. The van der Waals surface area contributed by atoms with Gasteiger partial charge in [-0.25, -0.2) is 8.42 Å². The van der Waals surface area contributed by atoms with Crippen LogP contribution in [0.1, 0.15) is 32.4 Å². The van der Waals surface area contributed by atoms with Gasteiger partial charge in [0, 0.05) is 25.0 Å². The number of aromatic nitrogens is 3. The predicted octanol–water partition coefficient (Wildman–Crippen LogP) is 0.603. The highest BCUT2D eigenvalue weighted by molar-refractivity contribution is 7.91. The fourth-order valence-electron chi connectivity index (χ4n) is 1.51. The molecule has 1 heterocycles. The van der Waals surface area contributed by atoms with E-state index < -0.39 is 9.84 Å². The van der Waals surface area contributed by atoms with Crippen molar-refractivity contribution in [3.05, 3.63) is 11.9 Å². The van der Waals surface area contributed by atoms with E-state index in [2.05, 4.69) is 22.6 Å². The van der Waals surface area contributed by atoms with E-state index in [1.165, 1.54) is 0 Å². The first kappa shape index (κ1) is 15.1. The Morgan fingerprint density at radius 3 is 2.83 bits per heavy atom. The molecule has 6 nitrogen and oxygen atoms in total. The number of rotatable bonds is 9. The molecule has 0 spiro atoms. The fraction of sp³-hybridized carbons (Fsp3) is 0.818. The van der Waals surface area contributed by atoms with Gasteiger partial charge in [-0.2, -0.15) is 0 Å². The molecule has 0 saturated carbocycles. The summed E-state index contributed by atoms with van der Waals surface area (Å²) >= 11 is 0. The molecule has 1 N–H and O–H groups in total. The Kier molecular flexibility index (Phi) is 6.28. The predicted molar refractivity (Wildman–Crippen MR) is 71.0 cm³/mol. The second kappa shape index (κ2) is 7.48. The van der Waals surface area contributed by atoms with Gasteiger partial charge in [-0.05, 0) is 19.4 Å². The van der Waals surface area contributed by atoms with E-state index in [4.69, 9.17) is 0 Å². The van der Waals surface area contributed by atoms with Crippen molar-refractivity contribution in [1.29, 1.82) is 0 Å². The molecule has 0 saturated heterocycles. The van der Waals surface area contributed by atoms with Crippen molar-refractivity contribution in [3.63, 3.8) is 0 Å². The van der Waals surface area contributed by atoms with Gasteiger partial charge in [0.25, 0.3) is 0 Å². The van der Waals surface area contributed by atoms with Crippen LogP contribution < -0.4 is 5.32 Å². The first-order valence-electron chi connectivity index (χ1n) is 6.37. The smallest absolute Gasteiger partial charge is 0.150 e. The third-order valence-electron chi connectivity index (χ3n) is 2.60. The molecule has 1 aromatic heterocycles. The van der Waals surface area contributed by atoms with Crippen molar-refractivity contribution in [3.8, 4) is 0 Å². The highest BCUT2D eigenvalue weighted by Gasteiger charge is 2.07. The van der Waals surface area contributed by atoms with Crippen LogP contribution in [-0.2, 0) is 22.9 Å². The molecule has 0 aliphatic carbocycles. The molecule has 7 heteroatoms. The van der Waals surface area contributed by atoms with Crippen molar-refractivity contribution in [2.75, 3.05) is 18.1 Å². The molecule has 0 fully saturated rings. The molecule has 0 amide bonds. The second-order valence-corrected chi connectivity index (χ2v) is 6.71. The van der Waals surface area contributed by atoms with Crippen LogP contribution in [-0.4, -0.2) is 41.5 Å². The van der Waals surface area contributed by atoms with Crippen molar-refractivity contribution >= 4 is 9.84 Å².